The van der Waals surface area contributed by atoms with Crippen molar-refractivity contribution in [2.75, 3.05) is 6.61 Å². The van der Waals surface area contributed by atoms with Crippen molar-refractivity contribution in [1.82, 2.24) is 5.32 Å². The van der Waals surface area contributed by atoms with Crippen molar-refractivity contribution in [3.8, 4) is 0 Å². The number of amides is 1. The van der Waals surface area contributed by atoms with Crippen molar-refractivity contribution in [2.24, 2.45) is 0 Å². The van der Waals surface area contributed by atoms with E-state index in [1.54, 1.807) is 6.08 Å². The number of aliphatic hydroxyl groups is 7. The molecule has 358 valence electrons. The smallest absolute Gasteiger partial charge is 0.393 e. The number of hydrogen-bond donors (Lipinski definition) is 9. The van der Waals surface area contributed by atoms with E-state index in [4.69, 9.17) is 9.05 Å². The van der Waals surface area contributed by atoms with Crippen LogP contribution in [0.5, 0.6) is 0 Å². The number of rotatable bonds is 39. The lowest BCUT2D eigenvalue weighted by molar-refractivity contribution is -0.220. The summed E-state index contributed by atoms with van der Waals surface area (Å²) in [7, 11) is -5.14. The molecule has 0 saturated heterocycles. The van der Waals surface area contributed by atoms with Gasteiger partial charge >= 0.3 is 7.82 Å². The lowest BCUT2D eigenvalue weighted by atomic mass is 9.85. The van der Waals surface area contributed by atoms with Crippen LogP contribution in [0.1, 0.15) is 194 Å². The van der Waals surface area contributed by atoms with Crippen LogP contribution in [0.2, 0.25) is 0 Å². The number of unbranched alkanes of at least 4 members (excludes halogenated alkanes) is 22. The number of aliphatic hydroxyl groups excluding tert-OH is 7. The SMILES string of the molecule is CCCCCCCCCC/C=C/C(O)C(COP(=O)(O)OC1C(O)C(O)C(O)C(O)C1O)NC(=O)CC(O)CCCCCCC/C=C\C/C=C\CCCCCCCCCCC. The van der Waals surface area contributed by atoms with E-state index in [2.05, 4.69) is 43.5 Å². The van der Waals surface area contributed by atoms with Gasteiger partial charge in [0.1, 0.15) is 36.6 Å². The fourth-order valence-electron chi connectivity index (χ4n) is 7.51. The molecule has 0 bridgehead atoms. The van der Waals surface area contributed by atoms with Crippen molar-refractivity contribution >= 4 is 13.7 Å². The molecule has 1 fully saturated rings. The van der Waals surface area contributed by atoms with Gasteiger partial charge < -0.3 is 46.0 Å². The molecule has 0 aromatic carbocycles. The minimum Gasteiger partial charge on any atom is -0.393 e. The Labute approximate surface area is 368 Å². The summed E-state index contributed by atoms with van der Waals surface area (Å²) in [6.45, 7) is 3.70. The maximum absolute atomic E-state index is 13.0. The first-order chi connectivity index (χ1) is 29.3. The maximum atomic E-state index is 13.0. The summed E-state index contributed by atoms with van der Waals surface area (Å²) in [4.78, 5) is 23.4. The lowest BCUT2D eigenvalue weighted by Gasteiger charge is -2.41. The molecule has 13 nitrogen and oxygen atoms in total. The number of allylic oxidation sites excluding steroid dienone is 5. The van der Waals surface area contributed by atoms with E-state index < -0.39 is 75.2 Å². The van der Waals surface area contributed by atoms with Gasteiger partial charge in [-0.15, -0.1) is 0 Å². The molecule has 0 heterocycles. The highest BCUT2D eigenvalue weighted by Crippen LogP contribution is 2.47. The van der Waals surface area contributed by atoms with Gasteiger partial charge in [0.05, 0.1) is 31.3 Å². The van der Waals surface area contributed by atoms with Crippen LogP contribution in [0.15, 0.2) is 36.5 Å². The predicted octanol–water partition coefficient (Wildman–Crippen LogP) is 8.14. The maximum Gasteiger partial charge on any atom is 0.472 e. The van der Waals surface area contributed by atoms with Crippen LogP contribution in [0, 0.1) is 0 Å². The first kappa shape index (κ1) is 57.5. The zero-order valence-corrected chi connectivity index (χ0v) is 38.7. The normalized spacial score (nSPS) is 23.5. The predicted molar refractivity (Wildman–Crippen MR) is 243 cm³/mol. The summed E-state index contributed by atoms with van der Waals surface area (Å²) in [6.07, 6.45) is 28.2. The summed E-state index contributed by atoms with van der Waals surface area (Å²) in [6, 6.07) is -1.24. The van der Waals surface area contributed by atoms with Gasteiger partial charge in [0, 0.05) is 0 Å². The van der Waals surface area contributed by atoms with E-state index in [-0.39, 0.29) is 6.42 Å². The summed E-state index contributed by atoms with van der Waals surface area (Å²) in [5.74, 6) is -0.603. The van der Waals surface area contributed by atoms with E-state index in [0.29, 0.717) is 12.8 Å². The highest BCUT2D eigenvalue weighted by molar-refractivity contribution is 7.47. The van der Waals surface area contributed by atoms with E-state index >= 15 is 0 Å². The van der Waals surface area contributed by atoms with E-state index in [9.17, 15) is 50.0 Å². The van der Waals surface area contributed by atoms with Crippen molar-refractivity contribution in [3.05, 3.63) is 36.5 Å². The first-order valence-electron chi connectivity index (χ1n) is 24.0. The van der Waals surface area contributed by atoms with Gasteiger partial charge in [-0.2, -0.15) is 0 Å². The molecule has 0 aromatic rings. The van der Waals surface area contributed by atoms with Crippen molar-refractivity contribution < 1.29 is 59.0 Å². The van der Waals surface area contributed by atoms with E-state index in [1.807, 2.05) is 0 Å². The fourth-order valence-corrected chi connectivity index (χ4v) is 8.47. The molecule has 0 aromatic heterocycles. The number of phosphoric acid groups is 1. The number of carbonyl (C=O) groups excluding carboxylic acids is 1. The molecule has 1 saturated carbocycles. The number of carbonyl (C=O) groups is 1. The van der Waals surface area contributed by atoms with Crippen LogP contribution < -0.4 is 5.32 Å². The third kappa shape index (κ3) is 28.8. The number of nitrogens with one attached hydrogen (secondary N) is 1. The van der Waals surface area contributed by atoms with Gasteiger partial charge in [0.2, 0.25) is 5.91 Å². The Morgan fingerprint density at radius 3 is 1.48 bits per heavy atom. The molecule has 14 heteroatoms. The minimum absolute atomic E-state index is 0.254. The van der Waals surface area contributed by atoms with Crippen LogP contribution in [0.4, 0.5) is 0 Å². The number of phosphoric ester groups is 1. The average Bonchev–Trinajstić information content (AvgIpc) is 3.23. The second kappa shape index (κ2) is 36.8. The molecule has 0 spiro atoms. The molecule has 0 radical (unpaired) electrons. The Kier molecular flexibility index (Phi) is 34.7. The molecular formula is C47H88NO12P. The monoisotopic (exact) mass is 890 g/mol. The summed E-state index contributed by atoms with van der Waals surface area (Å²) < 4.78 is 22.8. The minimum atomic E-state index is -5.14. The van der Waals surface area contributed by atoms with Crippen molar-refractivity contribution in [2.45, 2.75) is 249 Å². The molecule has 0 aliphatic heterocycles. The van der Waals surface area contributed by atoms with Gasteiger partial charge in [-0.05, 0) is 51.4 Å². The largest absolute Gasteiger partial charge is 0.472 e. The van der Waals surface area contributed by atoms with Gasteiger partial charge in [-0.25, -0.2) is 4.57 Å². The quantitative estimate of drug-likeness (QED) is 0.0162. The van der Waals surface area contributed by atoms with Gasteiger partial charge in [0.15, 0.2) is 0 Å². The van der Waals surface area contributed by atoms with Gasteiger partial charge in [-0.3, -0.25) is 13.8 Å². The molecule has 8 atom stereocenters. The third-order valence-electron chi connectivity index (χ3n) is 11.5. The fraction of sp³-hybridized carbons (Fsp3) is 0.851. The summed E-state index contributed by atoms with van der Waals surface area (Å²) >= 11 is 0. The lowest BCUT2D eigenvalue weighted by Crippen LogP contribution is -2.64. The molecule has 9 N–H and O–H groups in total. The Morgan fingerprint density at radius 2 is 1.00 bits per heavy atom. The second-order valence-electron chi connectivity index (χ2n) is 17.1. The molecule has 1 aliphatic carbocycles. The summed E-state index contributed by atoms with van der Waals surface area (Å²) in [5, 5.41) is 74.3. The van der Waals surface area contributed by atoms with Crippen LogP contribution in [-0.2, 0) is 18.4 Å². The van der Waals surface area contributed by atoms with Gasteiger partial charge in [-0.1, -0.05) is 172 Å². The van der Waals surface area contributed by atoms with Crippen molar-refractivity contribution in [3.63, 3.8) is 0 Å². The van der Waals surface area contributed by atoms with Crippen LogP contribution in [0.25, 0.3) is 0 Å². The third-order valence-corrected chi connectivity index (χ3v) is 12.5. The molecule has 1 rings (SSSR count). The molecule has 61 heavy (non-hydrogen) atoms. The first-order valence-corrected chi connectivity index (χ1v) is 25.5. The molecule has 8 unspecified atom stereocenters. The van der Waals surface area contributed by atoms with Crippen LogP contribution >= 0.6 is 7.82 Å². The van der Waals surface area contributed by atoms with Gasteiger partial charge in [0.25, 0.3) is 0 Å². The highest BCUT2D eigenvalue weighted by Gasteiger charge is 2.51. The Hall–Kier alpha value is -1.48. The highest BCUT2D eigenvalue weighted by atomic mass is 31.2. The Bertz CT molecular complexity index is 1190. The molecule has 1 aliphatic rings. The Balaban J connectivity index is 2.46. The molecular weight excluding hydrogens is 801 g/mol. The topological polar surface area (TPSA) is 226 Å². The summed E-state index contributed by atoms with van der Waals surface area (Å²) in [5.41, 5.74) is 0. The van der Waals surface area contributed by atoms with E-state index in [1.165, 1.54) is 102 Å². The van der Waals surface area contributed by atoms with Crippen LogP contribution in [0.3, 0.4) is 0 Å². The standard InChI is InChI=1S/C47H88NO12P/c1-3-5-7-9-11-13-15-16-17-18-19-20-21-22-23-24-25-26-28-30-32-34-38(49)36-41(51)48-39(40(50)35-33-31-29-27-14-12-10-8-6-4-2)37-59-61(57,58)60-47-45(55)43(53)42(52)44(54)46(47)56/h19-20,22-23,33,35,38-40,42-47,49-50,52-56H,3-18,21,24-32,34,36-37H2,1-2H3,(H,48,51)(H,57,58)/b20-19-,23-22-,35-33+. The van der Waals surface area contributed by atoms with E-state index in [0.717, 1.165) is 64.2 Å². The zero-order valence-electron chi connectivity index (χ0n) is 37.8. The number of hydrogen-bond acceptors (Lipinski definition) is 11. The average molecular weight is 890 g/mol. The Morgan fingerprint density at radius 1 is 0.590 bits per heavy atom. The second-order valence-corrected chi connectivity index (χ2v) is 18.5. The van der Waals surface area contributed by atoms with Crippen molar-refractivity contribution in [1.29, 1.82) is 0 Å². The molecule has 1 amide bonds. The van der Waals surface area contributed by atoms with Crippen LogP contribution in [-0.4, -0.2) is 108 Å². The zero-order chi connectivity index (χ0) is 45.1.